The van der Waals surface area contributed by atoms with E-state index in [1.807, 2.05) is 0 Å². The number of rotatable bonds is 3. The molecule has 1 aliphatic heterocycles. The van der Waals surface area contributed by atoms with Gasteiger partial charge in [0, 0.05) is 11.6 Å². The first kappa shape index (κ1) is 12.0. The molecule has 8 nitrogen and oxygen atoms in total. The summed E-state index contributed by atoms with van der Waals surface area (Å²) in [6, 6.07) is 1.65. The molecule has 1 aromatic carbocycles. The highest BCUT2D eigenvalue weighted by molar-refractivity contribution is 5.71. The molecule has 1 heterocycles. The Bertz CT molecular complexity index is 515. The zero-order valence-corrected chi connectivity index (χ0v) is 9.37. The van der Waals surface area contributed by atoms with Crippen molar-refractivity contribution >= 4 is 11.8 Å². The Morgan fingerprint density at radius 1 is 1.61 bits per heavy atom. The fourth-order valence-electron chi connectivity index (χ4n) is 1.69. The van der Waals surface area contributed by atoms with Crippen LogP contribution >= 0.6 is 0 Å². The average Bonchev–Trinajstić information content (AvgIpc) is 2.75. The molecule has 18 heavy (non-hydrogen) atoms. The van der Waals surface area contributed by atoms with E-state index in [2.05, 4.69) is 10.1 Å². The number of carbonyl (C=O) groups is 1. The monoisotopic (exact) mass is 254 g/mol. The molecule has 1 aromatic rings. The number of phenolic OH excluding ortho intramolecular Hbond substituents is 1. The van der Waals surface area contributed by atoms with E-state index in [9.17, 15) is 20.0 Å². The Hall–Kier alpha value is -2.51. The van der Waals surface area contributed by atoms with E-state index in [1.165, 1.54) is 13.2 Å². The molecule has 0 radical (unpaired) electrons. The van der Waals surface area contributed by atoms with Gasteiger partial charge in [0.25, 0.3) is 5.69 Å². The van der Waals surface area contributed by atoms with Gasteiger partial charge in [0.15, 0.2) is 11.5 Å². The van der Waals surface area contributed by atoms with Gasteiger partial charge in [-0.3, -0.25) is 10.1 Å². The number of non-ortho nitro benzene ring substituents is 1. The summed E-state index contributed by atoms with van der Waals surface area (Å²) >= 11 is 0. The zero-order chi connectivity index (χ0) is 13.3. The van der Waals surface area contributed by atoms with Crippen molar-refractivity contribution in [3.63, 3.8) is 0 Å². The van der Waals surface area contributed by atoms with Crippen molar-refractivity contribution in [2.24, 2.45) is 0 Å². The van der Waals surface area contributed by atoms with Crippen molar-refractivity contribution in [1.82, 2.24) is 5.32 Å². The highest BCUT2D eigenvalue weighted by atomic mass is 16.6. The number of nitro groups is 1. The number of aromatic hydroxyl groups is 1. The van der Waals surface area contributed by atoms with Crippen molar-refractivity contribution in [3.8, 4) is 11.5 Å². The molecule has 2 N–H and O–H groups in total. The standard InChI is InChI=1S/C10H10N2O6/c1-17-8-3-5(12(15)16)2-6(9(8)13)7-4-18-10(14)11-7/h2-3,7,13H,4H2,1H3,(H,11,14)/t7-/m1/s1. The second-order valence-electron chi connectivity index (χ2n) is 3.64. The number of carbonyl (C=O) groups excluding carboxylic acids is 1. The van der Waals surface area contributed by atoms with E-state index in [0.29, 0.717) is 0 Å². The van der Waals surface area contributed by atoms with Crippen molar-refractivity contribution < 1.29 is 24.3 Å². The molecule has 1 atom stereocenters. The third-order valence-corrected chi connectivity index (χ3v) is 2.57. The molecular weight excluding hydrogens is 244 g/mol. The van der Waals surface area contributed by atoms with Gasteiger partial charge in [-0.1, -0.05) is 0 Å². The average molecular weight is 254 g/mol. The maximum atomic E-state index is 10.9. The molecule has 1 saturated heterocycles. The van der Waals surface area contributed by atoms with Crippen LogP contribution in [0.5, 0.6) is 11.5 Å². The second-order valence-corrected chi connectivity index (χ2v) is 3.64. The first-order chi connectivity index (χ1) is 8.52. The molecule has 0 bridgehead atoms. The van der Waals surface area contributed by atoms with Crippen LogP contribution in [0.1, 0.15) is 11.6 Å². The lowest BCUT2D eigenvalue weighted by atomic mass is 10.1. The van der Waals surface area contributed by atoms with Crippen molar-refractivity contribution in [3.05, 3.63) is 27.8 Å². The van der Waals surface area contributed by atoms with Gasteiger partial charge in [0.2, 0.25) is 0 Å². The number of phenols is 1. The van der Waals surface area contributed by atoms with Gasteiger partial charge in [-0.2, -0.15) is 0 Å². The molecule has 96 valence electrons. The molecule has 0 unspecified atom stereocenters. The third-order valence-electron chi connectivity index (χ3n) is 2.57. The third kappa shape index (κ3) is 1.99. The summed E-state index contributed by atoms with van der Waals surface area (Å²) in [5.41, 5.74) is -0.0484. The summed E-state index contributed by atoms with van der Waals surface area (Å²) in [5.74, 6) is -0.278. The van der Waals surface area contributed by atoms with E-state index >= 15 is 0 Å². The predicted octanol–water partition coefficient (Wildman–Crippen LogP) is 1.09. The summed E-state index contributed by atoms with van der Waals surface area (Å²) in [4.78, 5) is 21.1. The quantitative estimate of drug-likeness (QED) is 0.617. The summed E-state index contributed by atoms with van der Waals surface area (Å²) in [5, 5.41) is 23.1. The maximum Gasteiger partial charge on any atom is 0.407 e. The topological polar surface area (TPSA) is 111 Å². The number of amides is 1. The van der Waals surface area contributed by atoms with Crippen LogP contribution in [0.3, 0.4) is 0 Å². The Balaban J connectivity index is 2.47. The number of ether oxygens (including phenoxy) is 2. The van der Waals surface area contributed by atoms with Crippen molar-refractivity contribution in [2.45, 2.75) is 6.04 Å². The number of hydrogen-bond donors (Lipinski definition) is 2. The normalized spacial score (nSPS) is 18.1. The number of nitrogens with one attached hydrogen (secondary N) is 1. The molecule has 8 heteroatoms. The summed E-state index contributed by atoms with van der Waals surface area (Å²) in [7, 11) is 1.28. The fraction of sp³-hybridized carbons (Fsp3) is 0.300. The molecule has 2 rings (SSSR count). The van der Waals surface area contributed by atoms with Crippen LogP contribution in [-0.4, -0.2) is 29.8 Å². The highest BCUT2D eigenvalue weighted by Gasteiger charge is 2.29. The Kier molecular flexibility index (Phi) is 2.92. The van der Waals surface area contributed by atoms with Crippen LogP contribution in [0.15, 0.2) is 12.1 Å². The van der Waals surface area contributed by atoms with Crippen LogP contribution in [0.2, 0.25) is 0 Å². The molecule has 0 aromatic heterocycles. The predicted molar refractivity (Wildman–Crippen MR) is 58.5 cm³/mol. The minimum Gasteiger partial charge on any atom is -0.504 e. The second kappa shape index (κ2) is 4.40. The largest absolute Gasteiger partial charge is 0.504 e. The van der Waals surface area contributed by atoms with Gasteiger partial charge in [-0.05, 0) is 0 Å². The van der Waals surface area contributed by atoms with Crippen LogP contribution in [-0.2, 0) is 4.74 Å². The van der Waals surface area contributed by atoms with Gasteiger partial charge >= 0.3 is 6.09 Å². The Labute approximate surface area is 101 Å². The number of hydrogen-bond acceptors (Lipinski definition) is 6. The van der Waals surface area contributed by atoms with Gasteiger partial charge in [-0.15, -0.1) is 0 Å². The lowest BCUT2D eigenvalue weighted by Crippen LogP contribution is -2.18. The van der Waals surface area contributed by atoms with E-state index in [0.717, 1.165) is 6.07 Å². The van der Waals surface area contributed by atoms with Gasteiger partial charge in [-0.25, -0.2) is 4.79 Å². The number of nitrogens with zero attached hydrogens (tertiary/aromatic N) is 1. The fourth-order valence-corrected chi connectivity index (χ4v) is 1.69. The van der Waals surface area contributed by atoms with Crippen LogP contribution < -0.4 is 10.1 Å². The number of alkyl carbamates (subject to hydrolysis) is 1. The molecule has 0 aliphatic carbocycles. The molecular formula is C10H10N2O6. The van der Waals surface area contributed by atoms with Gasteiger partial charge in [0.05, 0.1) is 24.1 Å². The summed E-state index contributed by atoms with van der Waals surface area (Å²) < 4.78 is 9.53. The maximum absolute atomic E-state index is 10.9. The lowest BCUT2D eigenvalue weighted by Gasteiger charge is -2.12. The minimum absolute atomic E-state index is 0.00326. The first-order valence-electron chi connectivity index (χ1n) is 5.01. The molecule has 1 amide bonds. The van der Waals surface area contributed by atoms with Crippen LogP contribution in [0.4, 0.5) is 10.5 Å². The summed E-state index contributed by atoms with van der Waals surface area (Å²) in [6.45, 7) is -0.00326. The minimum atomic E-state index is -0.634. The zero-order valence-electron chi connectivity index (χ0n) is 9.37. The van der Waals surface area contributed by atoms with Crippen molar-refractivity contribution in [2.75, 3.05) is 13.7 Å². The Morgan fingerprint density at radius 3 is 2.83 bits per heavy atom. The van der Waals surface area contributed by atoms with E-state index in [-0.39, 0.29) is 29.4 Å². The smallest absolute Gasteiger partial charge is 0.407 e. The van der Waals surface area contributed by atoms with Crippen LogP contribution in [0, 0.1) is 10.1 Å². The molecule has 1 aliphatic rings. The summed E-state index contributed by atoms with van der Waals surface area (Å²) in [6.07, 6.45) is -0.634. The van der Waals surface area contributed by atoms with E-state index in [4.69, 9.17) is 4.74 Å². The molecule has 0 spiro atoms. The van der Waals surface area contributed by atoms with E-state index in [1.54, 1.807) is 0 Å². The lowest BCUT2D eigenvalue weighted by molar-refractivity contribution is -0.385. The molecule has 1 fully saturated rings. The SMILES string of the molecule is COc1cc([N+](=O)[O-])cc([C@H]2COC(=O)N2)c1O. The van der Waals surface area contributed by atoms with Gasteiger partial charge in [0.1, 0.15) is 6.61 Å². The van der Waals surface area contributed by atoms with Crippen LogP contribution in [0.25, 0.3) is 0 Å². The van der Waals surface area contributed by atoms with Crippen molar-refractivity contribution in [1.29, 1.82) is 0 Å². The van der Waals surface area contributed by atoms with E-state index < -0.39 is 17.1 Å². The first-order valence-corrected chi connectivity index (χ1v) is 5.01. The van der Waals surface area contributed by atoms with Gasteiger partial charge < -0.3 is 19.9 Å². The number of methoxy groups -OCH3 is 1. The number of cyclic esters (lactones) is 1. The highest BCUT2D eigenvalue weighted by Crippen LogP contribution is 2.38. The molecule has 0 saturated carbocycles. The number of nitro benzene ring substituents is 1. The number of benzene rings is 1. The Morgan fingerprint density at radius 2 is 2.33 bits per heavy atom.